The lowest BCUT2D eigenvalue weighted by atomic mass is 10.5. The summed E-state index contributed by atoms with van der Waals surface area (Å²) in [4.78, 5) is 24.6. The Hall–Kier alpha value is -1.17. The lowest BCUT2D eigenvalue weighted by molar-refractivity contribution is -0.125. The number of nitrogens with zero attached hydrogens (tertiary/aromatic N) is 2. The van der Waals surface area contributed by atoms with Crippen LogP contribution in [-0.2, 0) is 4.79 Å². The predicted octanol–water partition coefficient (Wildman–Crippen LogP) is 0.540. The molecule has 0 rings (SSSR count). The highest BCUT2D eigenvalue weighted by atomic mass is 32.1. The molecule has 0 unspecified atom stereocenters. The average Bonchev–Trinajstić information content (AvgIpc) is 2.04. The van der Waals surface area contributed by atoms with E-state index in [2.05, 4.69) is 0 Å². The van der Waals surface area contributed by atoms with Crippen LogP contribution in [-0.4, -0.2) is 39.9 Å². The second-order valence-electron chi connectivity index (χ2n) is 2.63. The Morgan fingerprint density at radius 1 is 1.21 bits per heavy atom. The van der Waals surface area contributed by atoms with E-state index in [1.807, 2.05) is 0 Å². The van der Waals surface area contributed by atoms with Crippen molar-refractivity contribution in [1.82, 2.24) is 9.80 Å². The molecule has 3 amide bonds. The highest BCUT2D eigenvalue weighted by molar-refractivity contribution is 7.80. The fourth-order valence-electron chi connectivity index (χ4n) is 1.02. The maximum absolute atomic E-state index is 11.1. The number of rotatable bonds is 2. The van der Waals surface area contributed by atoms with E-state index in [0.717, 1.165) is 0 Å². The van der Waals surface area contributed by atoms with Gasteiger partial charge in [0.25, 0.3) is 0 Å². The Labute approximate surface area is 88.8 Å². The number of thiocarbonyl (C=S) groups is 1. The quantitative estimate of drug-likeness (QED) is 0.686. The van der Waals surface area contributed by atoms with Crippen LogP contribution in [0.1, 0.15) is 20.8 Å². The van der Waals surface area contributed by atoms with E-state index in [1.165, 1.54) is 16.7 Å². The van der Waals surface area contributed by atoms with Gasteiger partial charge in [0.2, 0.25) is 5.91 Å². The number of carbonyl (C=O) groups is 2. The van der Waals surface area contributed by atoms with Crippen LogP contribution in [0.2, 0.25) is 0 Å². The summed E-state index contributed by atoms with van der Waals surface area (Å²) in [5.41, 5.74) is 5.10. The molecular formula is C8H15N3O2S. The minimum atomic E-state index is -0.641. The van der Waals surface area contributed by atoms with Gasteiger partial charge in [0, 0.05) is 20.0 Å². The zero-order valence-electron chi connectivity index (χ0n) is 8.61. The maximum atomic E-state index is 11.1. The van der Waals surface area contributed by atoms with Crippen molar-refractivity contribution in [2.75, 3.05) is 13.1 Å². The number of urea groups is 1. The van der Waals surface area contributed by atoms with Gasteiger partial charge in [-0.1, -0.05) is 0 Å². The normalized spacial score (nSPS) is 9.36. The first-order valence-corrected chi connectivity index (χ1v) is 4.75. The van der Waals surface area contributed by atoms with Crippen molar-refractivity contribution in [3.63, 3.8) is 0 Å². The van der Waals surface area contributed by atoms with Crippen LogP contribution in [0, 0.1) is 0 Å². The molecule has 5 nitrogen and oxygen atoms in total. The van der Waals surface area contributed by atoms with Gasteiger partial charge in [-0.3, -0.25) is 14.6 Å². The summed E-state index contributed by atoms with van der Waals surface area (Å²) in [5.74, 6) is -0.197. The van der Waals surface area contributed by atoms with Crippen LogP contribution in [0.3, 0.4) is 0 Å². The van der Waals surface area contributed by atoms with E-state index < -0.39 is 6.03 Å². The van der Waals surface area contributed by atoms with Crippen LogP contribution in [0.4, 0.5) is 4.79 Å². The summed E-state index contributed by atoms with van der Waals surface area (Å²) in [6, 6.07) is -0.641. The van der Waals surface area contributed by atoms with Crippen LogP contribution < -0.4 is 5.73 Å². The molecule has 80 valence electrons. The molecule has 0 aromatic heterocycles. The van der Waals surface area contributed by atoms with Crippen molar-refractivity contribution in [3.05, 3.63) is 0 Å². The second-order valence-corrected chi connectivity index (χ2v) is 2.99. The average molecular weight is 217 g/mol. The number of carbonyl (C=O) groups excluding carboxylic acids is 2. The van der Waals surface area contributed by atoms with E-state index in [4.69, 9.17) is 18.0 Å². The summed E-state index contributed by atoms with van der Waals surface area (Å²) in [7, 11) is 0. The third kappa shape index (κ3) is 2.95. The first-order valence-electron chi connectivity index (χ1n) is 4.34. The van der Waals surface area contributed by atoms with E-state index in [0.29, 0.717) is 13.1 Å². The molecule has 0 aliphatic rings. The highest BCUT2D eigenvalue weighted by Gasteiger charge is 2.20. The van der Waals surface area contributed by atoms with Crippen LogP contribution >= 0.6 is 12.2 Å². The maximum Gasteiger partial charge on any atom is 0.321 e. The molecule has 0 aromatic carbocycles. The van der Waals surface area contributed by atoms with Gasteiger partial charge >= 0.3 is 6.03 Å². The molecule has 6 heteroatoms. The molecule has 0 fully saturated rings. The van der Waals surface area contributed by atoms with Gasteiger partial charge < -0.3 is 5.73 Å². The molecule has 0 spiro atoms. The summed E-state index contributed by atoms with van der Waals surface area (Å²) in [6.45, 7) is 5.70. The van der Waals surface area contributed by atoms with Crippen molar-refractivity contribution in [2.24, 2.45) is 5.73 Å². The standard InChI is InChI=1S/C8H15N3O2S/c1-4-10(6(3)12)8(14)11(5-2)7(9)13/h4-5H2,1-3H3,(H2,9,13). The van der Waals surface area contributed by atoms with E-state index in [9.17, 15) is 9.59 Å². The largest absolute Gasteiger partial charge is 0.351 e. The molecule has 14 heavy (non-hydrogen) atoms. The van der Waals surface area contributed by atoms with Gasteiger partial charge in [-0.25, -0.2) is 4.79 Å². The van der Waals surface area contributed by atoms with Crippen LogP contribution in [0.25, 0.3) is 0 Å². The van der Waals surface area contributed by atoms with Gasteiger partial charge in [-0.15, -0.1) is 0 Å². The number of nitrogens with two attached hydrogens (primary N) is 1. The molecule has 0 saturated carbocycles. The lowest BCUT2D eigenvalue weighted by Crippen LogP contribution is -2.49. The lowest BCUT2D eigenvalue weighted by Gasteiger charge is -2.27. The third-order valence-electron chi connectivity index (χ3n) is 1.74. The van der Waals surface area contributed by atoms with Crippen molar-refractivity contribution in [1.29, 1.82) is 0 Å². The molecular weight excluding hydrogens is 202 g/mol. The minimum absolute atomic E-state index is 0.162. The van der Waals surface area contributed by atoms with E-state index in [-0.39, 0.29) is 11.0 Å². The summed E-state index contributed by atoms with van der Waals surface area (Å²) < 4.78 is 0. The van der Waals surface area contributed by atoms with Crippen LogP contribution in [0.15, 0.2) is 0 Å². The Balaban J connectivity index is 4.71. The summed E-state index contributed by atoms with van der Waals surface area (Å²) >= 11 is 4.98. The fourth-order valence-corrected chi connectivity index (χ4v) is 1.50. The van der Waals surface area contributed by atoms with Crippen molar-refractivity contribution in [3.8, 4) is 0 Å². The van der Waals surface area contributed by atoms with Crippen molar-refractivity contribution < 1.29 is 9.59 Å². The van der Waals surface area contributed by atoms with Crippen molar-refractivity contribution >= 4 is 29.3 Å². The molecule has 0 aliphatic heterocycles. The topological polar surface area (TPSA) is 66.6 Å². The summed E-state index contributed by atoms with van der Waals surface area (Å²) in [5, 5.41) is 0.162. The Kier molecular flexibility index (Phi) is 5.07. The number of hydrogen-bond acceptors (Lipinski definition) is 3. The smallest absolute Gasteiger partial charge is 0.321 e. The van der Waals surface area contributed by atoms with Gasteiger partial charge in [-0.2, -0.15) is 0 Å². The van der Waals surface area contributed by atoms with Crippen molar-refractivity contribution in [2.45, 2.75) is 20.8 Å². The van der Waals surface area contributed by atoms with Gasteiger partial charge in [0.05, 0.1) is 0 Å². The molecule has 2 N–H and O–H groups in total. The Morgan fingerprint density at radius 3 is 1.86 bits per heavy atom. The third-order valence-corrected chi connectivity index (χ3v) is 2.18. The van der Waals surface area contributed by atoms with Gasteiger partial charge in [-0.05, 0) is 26.1 Å². The Bertz CT molecular complexity index is 231. The Morgan fingerprint density at radius 2 is 1.64 bits per heavy atom. The zero-order valence-corrected chi connectivity index (χ0v) is 9.43. The predicted molar refractivity (Wildman–Crippen MR) is 57.6 cm³/mol. The summed E-state index contributed by atoms with van der Waals surface area (Å²) in [6.07, 6.45) is 0. The van der Waals surface area contributed by atoms with E-state index in [1.54, 1.807) is 13.8 Å². The first kappa shape index (κ1) is 12.8. The minimum Gasteiger partial charge on any atom is -0.351 e. The molecule has 0 bridgehead atoms. The molecule has 0 radical (unpaired) electrons. The molecule has 0 saturated heterocycles. The van der Waals surface area contributed by atoms with Crippen LogP contribution in [0.5, 0.6) is 0 Å². The molecule has 0 heterocycles. The number of amides is 3. The SMILES string of the molecule is CCN(C(C)=O)C(=S)N(CC)C(N)=O. The zero-order chi connectivity index (χ0) is 11.3. The highest BCUT2D eigenvalue weighted by Crippen LogP contribution is 2.00. The molecule has 0 atom stereocenters. The van der Waals surface area contributed by atoms with Gasteiger partial charge in [0.15, 0.2) is 5.11 Å². The number of primary amides is 1. The first-order chi connectivity index (χ1) is 6.45. The monoisotopic (exact) mass is 217 g/mol. The number of hydrogen-bond donors (Lipinski definition) is 1. The fraction of sp³-hybridized carbons (Fsp3) is 0.625. The molecule has 0 aromatic rings. The van der Waals surface area contributed by atoms with E-state index >= 15 is 0 Å². The second kappa shape index (κ2) is 5.54. The van der Waals surface area contributed by atoms with Gasteiger partial charge in [0.1, 0.15) is 0 Å². The molecule has 0 aliphatic carbocycles.